The summed E-state index contributed by atoms with van der Waals surface area (Å²) in [6.45, 7) is 0.407. The molecule has 0 saturated heterocycles. The van der Waals surface area contributed by atoms with Gasteiger partial charge < -0.3 is 15.7 Å². The van der Waals surface area contributed by atoms with E-state index >= 15 is 0 Å². The number of hydrogen-bond acceptors (Lipinski definition) is 2. The van der Waals surface area contributed by atoms with E-state index in [9.17, 15) is 9.59 Å². The smallest absolute Gasteiger partial charge is 0.335 e. The fourth-order valence-electron chi connectivity index (χ4n) is 3.67. The van der Waals surface area contributed by atoms with Crippen molar-refractivity contribution in [3.63, 3.8) is 0 Å². The highest BCUT2D eigenvalue weighted by Crippen LogP contribution is 2.43. The molecule has 1 aromatic carbocycles. The van der Waals surface area contributed by atoms with Crippen LogP contribution in [0.4, 0.5) is 4.79 Å². The normalized spacial score (nSPS) is 26.5. The van der Waals surface area contributed by atoms with E-state index in [-0.39, 0.29) is 17.1 Å². The van der Waals surface area contributed by atoms with Gasteiger partial charge in [-0.1, -0.05) is 12.1 Å². The molecule has 1 aromatic rings. The van der Waals surface area contributed by atoms with E-state index in [1.54, 1.807) is 24.3 Å². The maximum atomic E-state index is 12.1. The van der Waals surface area contributed by atoms with E-state index in [4.69, 9.17) is 5.11 Å². The lowest BCUT2D eigenvalue weighted by Crippen LogP contribution is -2.56. The van der Waals surface area contributed by atoms with Gasteiger partial charge in [0.05, 0.1) is 5.56 Å². The Morgan fingerprint density at radius 3 is 2.23 bits per heavy atom. The summed E-state index contributed by atoms with van der Waals surface area (Å²) in [5, 5.41) is 14.9. The third-order valence-electron chi connectivity index (χ3n) is 5.13. The fraction of sp³-hybridized carbons (Fsp3) is 0.529. The Hall–Kier alpha value is -2.04. The topological polar surface area (TPSA) is 78.4 Å². The largest absolute Gasteiger partial charge is 0.478 e. The molecule has 2 bridgehead atoms. The van der Waals surface area contributed by atoms with Gasteiger partial charge in [0.15, 0.2) is 0 Å². The van der Waals surface area contributed by atoms with Gasteiger partial charge in [0.25, 0.3) is 0 Å². The molecule has 0 unspecified atom stereocenters. The molecular formula is C17H22N2O3. The van der Waals surface area contributed by atoms with Crippen molar-refractivity contribution in [2.45, 2.75) is 50.6 Å². The molecule has 118 valence electrons. The van der Waals surface area contributed by atoms with Crippen LogP contribution in [0.1, 0.15) is 54.4 Å². The standard InChI is InChI=1S/C17H22N2O3/c20-15(21)14-3-1-13(2-4-14)11-18-16(22)19-17-8-5-12(6-9-17)7-10-17/h1-4,12H,5-11H2,(H,20,21)(H2,18,19,22). The molecular weight excluding hydrogens is 280 g/mol. The second-order valence-electron chi connectivity index (χ2n) is 6.57. The molecule has 3 aliphatic rings. The number of nitrogens with one attached hydrogen (secondary N) is 2. The number of aromatic carboxylic acids is 1. The van der Waals surface area contributed by atoms with Crippen molar-refractivity contribution in [2.75, 3.05) is 0 Å². The summed E-state index contributed by atoms with van der Waals surface area (Å²) in [5.41, 5.74) is 1.16. The third kappa shape index (κ3) is 3.24. The van der Waals surface area contributed by atoms with Crippen LogP contribution in [0.15, 0.2) is 24.3 Å². The monoisotopic (exact) mass is 302 g/mol. The molecule has 3 aliphatic carbocycles. The van der Waals surface area contributed by atoms with E-state index in [0.717, 1.165) is 30.7 Å². The summed E-state index contributed by atoms with van der Waals surface area (Å²) in [5.74, 6) is -0.0660. The number of carbonyl (C=O) groups is 2. The Morgan fingerprint density at radius 2 is 1.68 bits per heavy atom. The van der Waals surface area contributed by atoms with Crippen LogP contribution in [-0.2, 0) is 6.54 Å². The van der Waals surface area contributed by atoms with E-state index < -0.39 is 5.97 Å². The van der Waals surface area contributed by atoms with Crippen LogP contribution >= 0.6 is 0 Å². The Labute approximate surface area is 130 Å². The number of carbonyl (C=O) groups excluding carboxylic acids is 1. The first-order valence-corrected chi connectivity index (χ1v) is 7.95. The highest BCUT2D eigenvalue weighted by Gasteiger charge is 2.41. The van der Waals surface area contributed by atoms with Gasteiger partial charge in [-0.15, -0.1) is 0 Å². The Morgan fingerprint density at radius 1 is 1.09 bits per heavy atom. The van der Waals surface area contributed by atoms with E-state index in [1.807, 2.05) is 0 Å². The van der Waals surface area contributed by atoms with Crippen molar-refractivity contribution in [3.05, 3.63) is 35.4 Å². The van der Waals surface area contributed by atoms with Crippen LogP contribution in [0.2, 0.25) is 0 Å². The maximum Gasteiger partial charge on any atom is 0.335 e. The SMILES string of the molecule is O=C(NCc1ccc(C(=O)O)cc1)NC12CCC(CC1)CC2. The highest BCUT2D eigenvalue weighted by molar-refractivity contribution is 5.87. The number of hydrogen-bond donors (Lipinski definition) is 3. The molecule has 0 aliphatic heterocycles. The molecule has 3 N–H and O–H groups in total. The van der Waals surface area contributed by atoms with E-state index in [0.29, 0.717) is 6.54 Å². The second kappa shape index (κ2) is 5.99. The summed E-state index contributed by atoms with van der Waals surface area (Å²) < 4.78 is 0. The number of amides is 2. The van der Waals surface area contributed by atoms with Gasteiger partial charge >= 0.3 is 12.0 Å². The van der Waals surface area contributed by atoms with Crippen LogP contribution in [0, 0.1) is 5.92 Å². The number of rotatable bonds is 4. The van der Waals surface area contributed by atoms with Crippen molar-refractivity contribution >= 4 is 12.0 Å². The van der Waals surface area contributed by atoms with Crippen molar-refractivity contribution in [1.82, 2.24) is 10.6 Å². The zero-order valence-electron chi connectivity index (χ0n) is 12.6. The summed E-state index contributed by atoms with van der Waals surface area (Å²) in [6, 6.07) is 6.45. The number of fused-ring (bicyclic) bond motifs is 3. The van der Waals surface area contributed by atoms with Crippen molar-refractivity contribution < 1.29 is 14.7 Å². The van der Waals surface area contributed by atoms with Crippen LogP contribution in [0.5, 0.6) is 0 Å². The predicted octanol–water partition coefficient (Wildman–Crippen LogP) is 2.91. The molecule has 4 rings (SSSR count). The summed E-state index contributed by atoms with van der Waals surface area (Å²) in [4.78, 5) is 22.9. The van der Waals surface area contributed by atoms with E-state index in [2.05, 4.69) is 10.6 Å². The van der Waals surface area contributed by atoms with Gasteiger partial charge in [-0.2, -0.15) is 0 Å². The quantitative estimate of drug-likeness (QED) is 0.800. The van der Waals surface area contributed by atoms with Gasteiger partial charge in [0.1, 0.15) is 0 Å². The van der Waals surface area contributed by atoms with Crippen molar-refractivity contribution in [3.8, 4) is 0 Å². The van der Waals surface area contributed by atoms with Crippen LogP contribution in [0.3, 0.4) is 0 Å². The lowest BCUT2D eigenvalue weighted by Gasteiger charge is -2.46. The van der Waals surface area contributed by atoms with Gasteiger partial charge in [-0.3, -0.25) is 0 Å². The van der Waals surface area contributed by atoms with Gasteiger partial charge in [-0.25, -0.2) is 9.59 Å². The first-order valence-electron chi connectivity index (χ1n) is 7.95. The molecule has 0 aromatic heterocycles. The molecule has 0 radical (unpaired) electrons. The number of benzene rings is 1. The first kappa shape index (κ1) is 14.9. The maximum absolute atomic E-state index is 12.1. The lowest BCUT2D eigenvalue weighted by atomic mass is 9.66. The van der Waals surface area contributed by atoms with Gasteiger partial charge in [0, 0.05) is 12.1 Å². The summed E-state index contributed by atoms with van der Waals surface area (Å²) in [6.07, 6.45) is 6.99. The Bertz CT molecular complexity index is 546. The molecule has 3 fully saturated rings. The first-order chi connectivity index (χ1) is 10.6. The molecule has 0 spiro atoms. The molecule has 22 heavy (non-hydrogen) atoms. The average molecular weight is 302 g/mol. The minimum atomic E-state index is -0.941. The Balaban J connectivity index is 1.50. The zero-order chi connectivity index (χ0) is 15.6. The number of carboxylic acid groups (broad SMARTS) is 1. The third-order valence-corrected chi connectivity index (χ3v) is 5.13. The number of urea groups is 1. The second-order valence-corrected chi connectivity index (χ2v) is 6.57. The van der Waals surface area contributed by atoms with Crippen LogP contribution in [-0.4, -0.2) is 22.6 Å². The number of carboxylic acids is 1. The molecule has 0 heterocycles. The van der Waals surface area contributed by atoms with Gasteiger partial charge in [-0.05, 0) is 62.1 Å². The predicted molar refractivity (Wildman–Crippen MR) is 82.7 cm³/mol. The van der Waals surface area contributed by atoms with E-state index in [1.165, 1.54) is 19.3 Å². The molecule has 2 amide bonds. The molecule has 3 saturated carbocycles. The fourth-order valence-corrected chi connectivity index (χ4v) is 3.67. The lowest BCUT2D eigenvalue weighted by molar-refractivity contribution is 0.0696. The minimum Gasteiger partial charge on any atom is -0.478 e. The van der Waals surface area contributed by atoms with Crippen LogP contribution in [0.25, 0.3) is 0 Å². The van der Waals surface area contributed by atoms with Gasteiger partial charge in [0.2, 0.25) is 0 Å². The minimum absolute atomic E-state index is 0.00595. The molecule has 5 nitrogen and oxygen atoms in total. The van der Waals surface area contributed by atoms with Crippen molar-refractivity contribution in [1.29, 1.82) is 0 Å². The summed E-state index contributed by atoms with van der Waals surface area (Å²) in [7, 11) is 0. The van der Waals surface area contributed by atoms with Crippen LogP contribution < -0.4 is 10.6 Å². The van der Waals surface area contributed by atoms with Crippen molar-refractivity contribution in [2.24, 2.45) is 5.92 Å². The molecule has 5 heteroatoms. The summed E-state index contributed by atoms with van der Waals surface area (Å²) >= 11 is 0. The Kier molecular flexibility index (Phi) is 4.05. The average Bonchev–Trinajstić information content (AvgIpc) is 2.54. The molecule has 0 atom stereocenters. The zero-order valence-corrected chi connectivity index (χ0v) is 12.6. The highest BCUT2D eigenvalue weighted by atomic mass is 16.4.